The van der Waals surface area contributed by atoms with Crippen LogP contribution < -0.4 is 0 Å². The van der Waals surface area contributed by atoms with Gasteiger partial charge in [0.1, 0.15) is 18.2 Å². The zero-order valence-corrected chi connectivity index (χ0v) is 12.0. The van der Waals surface area contributed by atoms with E-state index < -0.39 is 10.0 Å². The van der Waals surface area contributed by atoms with E-state index in [9.17, 15) is 8.42 Å². The van der Waals surface area contributed by atoms with Crippen LogP contribution in [0.3, 0.4) is 0 Å². The van der Waals surface area contributed by atoms with Gasteiger partial charge >= 0.3 is 0 Å². The normalized spacial score (nSPS) is 11.5. The van der Waals surface area contributed by atoms with Crippen LogP contribution in [0.2, 0.25) is 5.02 Å². The lowest BCUT2D eigenvalue weighted by molar-refractivity contribution is 0.457. The van der Waals surface area contributed by atoms with E-state index in [0.717, 1.165) is 4.31 Å². The van der Waals surface area contributed by atoms with Gasteiger partial charge in [-0.3, -0.25) is 5.10 Å². The van der Waals surface area contributed by atoms with Crippen molar-refractivity contribution in [1.29, 1.82) is 5.26 Å². The van der Waals surface area contributed by atoms with Crippen molar-refractivity contribution >= 4 is 21.6 Å². The molecule has 0 unspecified atom stereocenters. The number of hydrogen-bond donors (Lipinski definition) is 1. The summed E-state index contributed by atoms with van der Waals surface area (Å²) in [5.41, 5.74) is 0.225. The maximum atomic E-state index is 12.3. The molecular weight excluding hydrogens is 302 g/mol. The lowest BCUT2D eigenvalue weighted by Crippen LogP contribution is -2.27. The lowest BCUT2D eigenvalue weighted by atomic mass is 10.2. The van der Waals surface area contributed by atoms with E-state index in [1.807, 2.05) is 6.07 Å². The molecule has 0 saturated carbocycles. The number of aromatic amines is 1. The molecule has 0 spiro atoms. The molecule has 0 aliphatic carbocycles. The number of halogens is 1. The van der Waals surface area contributed by atoms with Crippen molar-refractivity contribution in [3.8, 4) is 6.07 Å². The second-order valence-electron chi connectivity index (χ2n) is 3.95. The molecule has 0 aliphatic rings. The molecule has 1 heterocycles. The van der Waals surface area contributed by atoms with E-state index in [4.69, 9.17) is 16.9 Å². The number of rotatable bonds is 4. The van der Waals surface area contributed by atoms with Crippen LogP contribution in [-0.2, 0) is 16.6 Å². The number of nitrogens with zero attached hydrogens (tertiary/aromatic N) is 4. The molecule has 0 saturated heterocycles. The molecule has 0 bridgehead atoms. The van der Waals surface area contributed by atoms with Gasteiger partial charge in [0.05, 0.1) is 22.0 Å². The summed E-state index contributed by atoms with van der Waals surface area (Å²) in [5, 5.41) is 15.1. The first kappa shape index (κ1) is 14.5. The van der Waals surface area contributed by atoms with Crippen LogP contribution in [0.4, 0.5) is 0 Å². The Hall–Kier alpha value is -1.95. The number of nitriles is 1. The van der Waals surface area contributed by atoms with Crippen molar-refractivity contribution in [3.63, 3.8) is 0 Å². The third-order valence-corrected chi connectivity index (χ3v) is 4.72. The SMILES string of the molecule is CN(Cc1ncn[nH]1)S(=O)(=O)c1ccc(C#N)c(Cl)c1. The number of hydrogen-bond acceptors (Lipinski definition) is 5. The van der Waals surface area contributed by atoms with Crippen molar-refractivity contribution in [2.75, 3.05) is 7.05 Å². The molecule has 9 heteroatoms. The summed E-state index contributed by atoms with van der Waals surface area (Å²) >= 11 is 5.85. The molecule has 0 aliphatic heterocycles. The van der Waals surface area contributed by atoms with Crippen LogP contribution in [0.15, 0.2) is 29.4 Å². The van der Waals surface area contributed by atoms with Gasteiger partial charge in [0.2, 0.25) is 10.0 Å². The molecule has 0 amide bonds. The maximum absolute atomic E-state index is 12.3. The van der Waals surface area contributed by atoms with Crippen molar-refractivity contribution in [2.45, 2.75) is 11.4 Å². The third kappa shape index (κ3) is 2.80. The highest BCUT2D eigenvalue weighted by molar-refractivity contribution is 7.89. The molecule has 1 aromatic carbocycles. The predicted molar refractivity (Wildman–Crippen MR) is 71.2 cm³/mol. The number of aromatic nitrogens is 3. The first-order valence-electron chi connectivity index (χ1n) is 5.45. The van der Waals surface area contributed by atoms with Gasteiger partial charge in [-0.25, -0.2) is 13.4 Å². The fourth-order valence-electron chi connectivity index (χ4n) is 1.53. The monoisotopic (exact) mass is 311 g/mol. The zero-order valence-electron chi connectivity index (χ0n) is 10.4. The Balaban J connectivity index is 2.30. The van der Waals surface area contributed by atoms with Gasteiger partial charge in [0.25, 0.3) is 0 Å². The standard InChI is InChI=1S/C11H10ClN5O2S/c1-17(6-11-14-7-15-16-11)20(18,19)9-3-2-8(5-13)10(12)4-9/h2-4,7H,6H2,1H3,(H,14,15,16). The lowest BCUT2D eigenvalue weighted by Gasteiger charge is -2.16. The summed E-state index contributed by atoms with van der Waals surface area (Å²) in [6.45, 7) is 0.0555. The van der Waals surface area contributed by atoms with Crippen molar-refractivity contribution in [2.24, 2.45) is 0 Å². The second-order valence-corrected chi connectivity index (χ2v) is 6.40. The number of H-pyrrole nitrogens is 1. The van der Waals surface area contributed by atoms with Crippen LogP contribution >= 0.6 is 11.6 Å². The van der Waals surface area contributed by atoms with Gasteiger partial charge in [-0.05, 0) is 18.2 Å². The number of benzene rings is 1. The van der Waals surface area contributed by atoms with Crippen LogP contribution in [0.5, 0.6) is 0 Å². The minimum Gasteiger partial charge on any atom is -0.262 e. The first-order valence-corrected chi connectivity index (χ1v) is 7.27. The van der Waals surface area contributed by atoms with Crippen LogP contribution in [0, 0.1) is 11.3 Å². The molecule has 20 heavy (non-hydrogen) atoms. The van der Waals surface area contributed by atoms with E-state index in [1.165, 1.54) is 31.6 Å². The minimum absolute atomic E-state index is 0.0171. The molecule has 104 valence electrons. The Morgan fingerprint density at radius 3 is 2.80 bits per heavy atom. The van der Waals surface area contributed by atoms with Crippen LogP contribution in [0.1, 0.15) is 11.4 Å². The van der Waals surface area contributed by atoms with Crippen LogP contribution in [-0.4, -0.2) is 35.0 Å². The van der Waals surface area contributed by atoms with E-state index in [1.54, 1.807) is 0 Å². The Bertz CT molecular complexity index is 752. The van der Waals surface area contributed by atoms with Gasteiger partial charge in [0.15, 0.2) is 0 Å². The summed E-state index contributed by atoms with van der Waals surface area (Å²) in [6, 6.07) is 5.85. The van der Waals surface area contributed by atoms with E-state index in [0.29, 0.717) is 5.82 Å². The van der Waals surface area contributed by atoms with Gasteiger partial charge in [-0.1, -0.05) is 11.6 Å². The quantitative estimate of drug-likeness (QED) is 0.912. The Morgan fingerprint density at radius 1 is 1.50 bits per heavy atom. The molecule has 2 rings (SSSR count). The second kappa shape index (κ2) is 5.58. The fourth-order valence-corrected chi connectivity index (χ4v) is 2.98. The molecule has 0 fully saturated rings. The topological polar surface area (TPSA) is 103 Å². The molecule has 7 nitrogen and oxygen atoms in total. The third-order valence-electron chi connectivity index (χ3n) is 2.61. The highest BCUT2D eigenvalue weighted by Crippen LogP contribution is 2.22. The first-order chi connectivity index (χ1) is 9.45. The number of nitrogens with one attached hydrogen (secondary N) is 1. The predicted octanol–water partition coefficient (Wildman–Crippen LogP) is 1.15. The number of sulfonamides is 1. The molecule has 2 aromatic rings. The van der Waals surface area contributed by atoms with Gasteiger partial charge in [-0.2, -0.15) is 14.7 Å². The maximum Gasteiger partial charge on any atom is 0.243 e. The fraction of sp³-hybridized carbons (Fsp3) is 0.182. The summed E-state index contributed by atoms with van der Waals surface area (Å²) < 4.78 is 25.8. The average Bonchev–Trinajstić information content (AvgIpc) is 2.91. The molecule has 1 N–H and O–H groups in total. The highest BCUT2D eigenvalue weighted by atomic mass is 35.5. The highest BCUT2D eigenvalue weighted by Gasteiger charge is 2.22. The van der Waals surface area contributed by atoms with Crippen molar-refractivity contribution < 1.29 is 8.42 Å². The van der Waals surface area contributed by atoms with Gasteiger partial charge in [-0.15, -0.1) is 0 Å². The van der Waals surface area contributed by atoms with E-state index >= 15 is 0 Å². The smallest absolute Gasteiger partial charge is 0.243 e. The molecular formula is C11H10ClN5O2S. The molecule has 0 atom stereocenters. The van der Waals surface area contributed by atoms with Gasteiger partial charge in [0, 0.05) is 7.05 Å². The molecule has 1 aromatic heterocycles. The Morgan fingerprint density at radius 2 is 2.25 bits per heavy atom. The van der Waals surface area contributed by atoms with Crippen LogP contribution in [0.25, 0.3) is 0 Å². The average molecular weight is 312 g/mol. The summed E-state index contributed by atoms with van der Waals surface area (Å²) in [5.74, 6) is 0.427. The Labute approximate surface area is 120 Å². The minimum atomic E-state index is -3.71. The largest absolute Gasteiger partial charge is 0.262 e. The summed E-state index contributed by atoms with van der Waals surface area (Å²) in [4.78, 5) is 3.88. The van der Waals surface area contributed by atoms with Crippen molar-refractivity contribution in [3.05, 3.63) is 40.9 Å². The van der Waals surface area contributed by atoms with E-state index in [2.05, 4.69) is 15.2 Å². The zero-order chi connectivity index (χ0) is 14.8. The van der Waals surface area contributed by atoms with E-state index in [-0.39, 0.29) is 22.0 Å². The summed E-state index contributed by atoms with van der Waals surface area (Å²) in [6.07, 6.45) is 1.30. The van der Waals surface area contributed by atoms with Crippen molar-refractivity contribution in [1.82, 2.24) is 19.5 Å². The van der Waals surface area contributed by atoms with Gasteiger partial charge < -0.3 is 0 Å². The Kier molecular flexibility index (Phi) is 4.04. The summed E-state index contributed by atoms with van der Waals surface area (Å²) in [7, 11) is -2.29. The molecule has 0 radical (unpaired) electrons.